The third-order valence-electron chi connectivity index (χ3n) is 4.80. The molecule has 0 spiro atoms. The van der Waals surface area contributed by atoms with Crippen LogP contribution in [0, 0.1) is 11.3 Å². The zero-order valence-electron chi connectivity index (χ0n) is 15.8. The first-order valence-corrected chi connectivity index (χ1v) is 9.75. The molecule has 7 heteroatoms. The standard InChI is InChI=1S/C22H21ClN2O4/c23-17-9-7-16(8-10-17)13-28-19-6-2-1-5-18(19)21(27)29-14-20(26)25-22(15-24)11-3-4-12-22/h1-2,5-10H,3-4,11-14H2,(H,25,26). The van der Waals surface area contributed by atoms with Crippen LogP contribution in [0.2, 0.25) is 5.02 Å². The number of nitrogens with zero attached hydrogens (tertiary/aromatic N) is 1. The number of carbonyl (C=O) groups excluding carboxylic acids is 2. The molecule has 0 saturated heterocycles. The van der Waals surface area contributed by atoms with Gasteiger partial charge in [0.05, 0.1) is 6.07 Å². The van der Waals surface area contributed by atoms with E-state index in [9.17, 15) is 14.9 Å². The van der Waals surface area contributed by atoms with E-state index in [0.29, 0.717) is 23.6 Å². The molecule has 6 nitrogen and oxygen atoms in total. The number of hydrogen-bond acceptors (Lipinski definition) is 5. The summed E-state index contributed by atoms with van der Waals surface area (Å²) in [5, 5.41) is 12.7. The molecule has 0 aromatic heterocycles. The van der Waals surface area contributed by atoms with Gasteiger partial charge in [0.2, 0.25) is 0 Å². The monoisotopic (exact) mass is 412 g/mol. The molecule has 0 radical (unpaired) electrons. The lowest BCUT2D eigenvalue weighted by atomic mass is 10.00. The average molecular weight is 413 g/mol. The number of ether oxygens (including phenoxy) is 2. The van der Waals surface area contributed by atoms with Gasteiger partial charge in [-0.1, -0.05) is 35.9 Å². The van der Waals surface area contributed by atoms with E-state index in [4.69, 9.17) is 21.1 Å². The minimum absolute atomic E-state index is 0.227. The molecule has 3 rings (SSSR count). The summed E-state index contributed by atoms with van der Waals surface area (Å²) in [6.45, 7) is -0.194. The summed E-state index contributed by atoms with van der Waals surface area (Å²) in [5.41, 5.74) is 0.281. The number of esters is 1. The van der Waals surface area contributed by atoms with Crippen molar-refractivity contribution in [3.63, 3.8) is 0 Å². The number of nitrogens with one attached hydrogen (secondary N) is 1. The Kier molecular flexibility index (Phi) is 6.73. The maximum Gasteiger partial charge on any atom is 0.342 e. The quantitative estimate of drug-likeness (QED) is 0.693. The van der Waals surface area contributed by atoms with Gasteiger partial charge >= 0.3 is 5.97 Å². The van der Waals surface area contributed by atoms with Crippen molar-refractivity contribution in [2.45, 2.75) is 37.8 Å². The van der Waals surface area contributed by atoms with Crippen molar-refractivity contribution in [3.05, 3.63) is 64.7 Å². The molecule has 0 aliphatic heterocycles. The molecule has 1 aliphatic carbocycles. The van der Waals surface area contributed by atoms with Gasteiger partial charge in [-0.2, -0.15) is 5.26 Å². The highest BCUT2D eigenvalue weighted by Gasteiger charge is 2.35. The fourth-order valence-corrected chi connectivity index (χ4v) is 3.38. The molecule has 0 atom stereocenters. The van der Waals surface area contributed by atoms with Gasteiger partial charge in [-0.3, -0.25) is 4.79 Å². The summed E-state index contributed by atoms with van der Waals surface area (Å²) in [6.07, 6.45) is 3.02. The zero-order valence-corrected chi connectivity index (χ0v) is 16.6. The lowest BCUT2D eigenvalue weighted by Gasteiger charge is -2.21. The van der Waals surface area contributed by atoms with Crippen LogP contribution in [0.15, 0.2) is 48.5 Å². The van der Waals surface area contributed by atoms with E-state index in [2.05, 4.69) is 11.4 Å². The van der Waals surface area contributed by atoms with Gasteiger partial charge in [-0.05, 0) is 55.5 Å². The van der Waals surface area contributed by atoms with Gasteiger partial charge in [-0.15, -0.1) is 0 Å². The Morgan fingerprint density at radius 2 is 1.79 bits per heavy atom. The molecular weight excluding hydrogens is 392 g/mol. The second-order valence-electron chi connectivity index (χ2n) is 6.94. The Labute approximate surface area is 174 Å². The molecule has 0 unspecified atom stereocenters. The van der Waals surface area contributed by atoms with Crippen LogP contribution in [0.5, 0.6) is 5.75 Å². The second kappa shape index (κ2) is 9.44. The van der Waals surface area contributed by atoms with E-state index < -0.39 is 24.0 Å². The molecular formula is C22H21ClN2O4. The fourth-order valence-electron chi connectivity index (χ4n) is 3.26. The number of carbonyl (C=O) groups is 2. The van der Waals surface area contributed by atoms with Gasteiger partial charge < -0.3 is 14.8 Å². The number of para-hydroxylation sites is 1. The molecule has 1 N–H and O–H groups in total. The first-order chi connectivity index (χ1) is 14.0. The number of halogens is 1. The van der Waals surface area contributed by atoms with Crippen LogP contribution in [0.4, 0.5) is 0 Å². The van der Waals surface area contributed by atoms with Crippen molar-refractivity contribution in [2.24, 2.45) is 0 Å². The highest BCUT2D eigenvalue weighted by Crippen LogP contribution is 2.28. The highest BCUT2D eigenvalue weighted by atomic mass is 35.5. The van der Waals surface area contributed by atoms with Crippen LogP contribution in [0.3, 0.4) is 0 Å². The van der Waals surface area contributed by atoms with Crippen molar-refractivity contribution < 1.29 is 19.1 Å². The number of hydrogen-bond donors (Lipinski definition) is 1. The first kappa shape index (κ1) is 20.7. The van der Waals surface area contributed by atoms with Crippen LogP contribution < -0.4 is 10.1 Å². The summed E-state index contributed by atoms with van der Waals surface area (Å²) >= 11 is 5.87. The molecule has 1 amide bonds. The fraction of sp³-hybridized carbons (Fsp3) is 0.318. The van der Waals surface area contributed by atoms with Crippen LogP contribution >= 0.6 is 11.6 Å². The Hall–Kier alpha value is -3.04. The number of rotatable bonds is 7. The second-order valence-corrected chi connectivity index (χ2v) is 7.37. The van der Waals surface area contributed by atoms with Gasteiger partial charge in [-0.25, -0.2) is 4.79 Å². The SMILES string of the molecule is N#CC1(NC(=O)COC(=O)c2ccccc2OCc2ccc(Cl)cc2)CCCC1. The Morgan fingerprint density at radius 1 is 1.10 bits per heavy atom. The van der Waals surface area contributed by atoms with Crippen molar-refractivity contribution in [1.82, 2.24) is 5.32 Å². The largest absolute Gasteiger partial charge is 0.488 e. The topological polar surface area (TPSA) is 88.4 Å². The van der Waals surface area contributed by atoms with E-state index in [-0.39, 0.29) is 12.2 Å². The molecule has 29 heavy (non-hydrogen) atoms. The smallest absolute Gasteiger partial charge is 0.342 e. The first-order valence-electron chi connectivity index (χ1n) is 9.37. The van der Waals surface area contributed by atoms with Crippen molar-refractivity contribution in [2.75, 3.05) is 6.61 Å². The summed E-state index contributed by atoms with van der Waals surface area (Å²) in [7, 11) is 0. The molecule has 1 aliphatic rings. The normalized spacial score (nSPS) is 14.6. The van der Waals surface area contributed by atoms with E-state index in [1.807, 2.05) is 12.1 Å². The van der Waals surface area contributed by atoms with Gasteiger partial charge in [0, 0.05) is 5.02 Å². The predicted molar refractivity (Wildman–Crippen MR) is 107 cm³/mol. The molecule has 1 fully saturated rings. The maximum absolute atomic E-state index is 12.4. The van der Waals surface area contributed by atoms with E-state index >= 15 is 0 Å². The molecule has 2 aromatic carbocycles. The highest BCUT2D eigenvalue weighted by molar-refractivity contribution is 6.30. The number of nitriles is 1. The lowest BCUT2D eigenvalue weighted by Crippen LogP contribution is -2.46. The van der Waals surface area contributed by atoms with E-state index in [1.54, 1.807) is 36.4 Å². The summed E-state index contributed by atoms with van der Waals surface area (Å²) in [6, 6.07) is 16.0. The van der Waals surface area contributed by atoms with Crippen molar-refractivity contribution in [1.29, 1.82) is 5.26 Å². The summed E-state index contributed by atoms with van der Waals surface area (Å²) in [4.78, 5) is 24.6. The minimum Gasteiger partial charge on any atom is -0.488 e. The number of benzene rings is 2. The van der Waals surface area contributed by atoms with Gasteiger partial charge in [0.1, 0.15) is 23.5 Å². The van der Waals surface area contributed by atoms with Crippen molar-refractivity contribution in [3.8, 4) is 11.8 Å². The van der Waals surface area contributed by atoms with E-state index in [1.165, 1.54) is 0 Å². The molecule has 0 bridgehead atoms. The van der Waals surface area contributed by atoms with Crippen molar-refractivity contribution >= 4 is 23.5 Å². The Bertz CT molecular complexity index is 915. The molecule has 150 valence electrons. The molecule has 1 saturated carbocycles. The van der Waals surface area contributed by atoms with Crippen LogP contribution in [0.25, 0.3) is 0 Å². The summed E-state index contributed by atoms with van der Waals surface area (Å²) in [5.74, 6) is -0.789. The maximum atomic E-state index is 12.4. The molecule has 0 heterocycles. The predicted octanol–water partition coefficient (Wildman–Crippen LogP) is 4.03. The van der Waals surface area contributed by atoms with Crippen LogP contribution in [-0.2, 0) is 16.1 Å². The zero-order chi connectivity index (χ0) is 20.7. The third kappa shape index (κ3) is 5.49. The molecule has 2 aromatic rings. The average Bonchev–Trinajstić information content (AvgIpc) is 3.20. The van der Waals surface area contributed by atoms with Gasteiger partial charge in [0.25, 0.3) is 5.91 Å². The minimum atomic E-state index is -0.844. The lowest BCUT2D eigenvalue weighted by molar-refractivity contribution is -0.125. The van der Waals surface area contributed by atoms with E-state index in [0.717, 1.165) is 18.4 Å². The number of amides is 1. The summed E-state index contributed by atoms with van der Waals surface area (Å²) < 4.78 is 10.9. The Balaban J connectivity index is 1.57. The van der Waals surface area contributed by atoms with Gasteiger partial charge in [0.15, 0.2) is 6.61 Å². The Morgan fingerprint density at radius 3 is 2.48 bits per heavy atom. The van der Waals surface area contributed by atoms with Crippen LogP contribution in [-0.4, -0.2) is 24.0 Å². The third-order valence-corrected chi connectivity index (χ3v) is 5.05. The van der Waals surface area contributed by atoms with Crippen LogP contribution in [0.1, 0.15) is 41.6 Å².